The van der Waals surface area contributed by atoms with Gasteiger partial charge in [-0.05, 0) is 30.9 Å². The molecule has 8 heteroatoms. The third-order valence-corrected chi connectivity index (χ3v) is 4.81. The highest BCUT2D eigenvalue weighted by Gasteiger charge is 2.25. The summed E-state index contributed by atoms with van der Waals surface area (Å²) in [6.07, 6.45) is 6.52. The Morgan fingerprint density at radius 3 is 2.85 bits per heavy atom. The van der Waals surface area contributed by atoms with Gasteiger partial charge in [0.05, 0.1) is 6.26 Å². The second-order valence-electron chi connectivity index (χ2n) is 7.21. The van der Waals surface area contributed by atoms with Crippen LogP contribution in [-0.4, -0.2) is 39.2 Å². The van der Waals surface area contributed by atoms with Gasteiger partial charge in [-0.1, -0.05) is 20.3 Å². The van der Waals surface area contributed by atoms with Gasteiger partial charge in [-0.25, -0.2) is 0 Å². The highest BCUT2D eigenvalue weighted by molar-refractivity contribution is 5.95. The Kier molecular flexibility index (Phi) is 6.26. The number of furan rings is 1. The molecule has 8 nitrogen and oxygen atoms in total. The van der Waals surface area contributed by atoms with Gasteiger partial charge in [0, 0.05) is 25.9 Å². The number of nitrogens with one attached hydrogen (secondary N) is 2. The average molecular weight is 373 g/mol. The van der Waals surface area contributed by atoms with Gasteiger partial charge in [-0.2, -0.15) is 0 Å². The molecular formula is C19H27N5O3. The first-order valence-corrected chi connectivity index (χ1v) is 9.59. The first-order chi connectivity index (χ1) is 13.1. The molecule has 1 aliphatic rings. The van der Waals surface area contributed by atoms with Crippen LogP contribution in [0.3, 0.4) is 0 Å². The van der Waals surface area contributed by atoms with Gasteiger partial charge in [0.25, 0.3) is 5.91 Å². The van der Waals surface area contributed by atoms with Gasteiger partial charge >= 0.3 is 0 Å². The van der Waals surface area contributed by atoms with Crippen LogP contribution in [0, 0.1) is 5.92 Å². The van der Waals surface area contributed by atoms with Gasteiger partial charge in [0.2, 0.25) is 5.91 Å². The molecule has 1 atom stereocenters. The van der Waals surface area contributed by atoms with Gasteiger partial charge in [-0.3, -0.25) is 9.59 Å². The maximum Gasteiger partial charge on any atom is 0.287 e. The van der Waals surface area contributed by atoms with Crippen molar-refractivity contribution in [1.29, 1.82) is 0 Å². The molecule has 1 unspecified atom stereocenters. The van der Waals surface area contributed by atoms with E-state index in [0.717, 1.165) is 37.5 Å². The van der Waals surface area contributed by atoms with Crippen molar-refractivity contribution in [3.8, 4) is 0 Å². The maximum absolute atomic E-state index is 12.6. The number of aryl methyl sites for hydroxylation is 1. The number of nitrogens with zero attached hydrogens (tertiary/aromatic N) is 3. The average Bonchev–Trinajstić information content (AvgIpc) is 3.25. The Morgan fingerprint density at radius 2 is 2.11 bits per heavy atom. The summed E-state index contributed by atoms with van der Waals surface area (Å²) in [6, 6.07) is 2.58. The molecule has 0 saturated heterocycles. The number of hydrogen-bond donors (Lipinski definition) is 2. The summed E-state index contributed by atoms with van der Waals surface area (Å²) >= 11 is 0. The van der Waals surface area contributed by atoms with Gasteiger partial charge in [0.15, 0.2) is 5.76 Å². The molecule has 0 bridgehead atoms. The molecule has 0 radical (unpaired) electrons. The fourth-order valence-electron chi connectivity index (χ4n) is 3.29. The van der Waals surface area contributed by atoms with E-state index in [1.165, 1.54) is 12.7 Å². The van der Waals surface area contributed by atoms with Crippen molar-refractivity contribution >= 4 is 11.8 Å². The Bertz CT molecular complexity index is 766. The molecule has 3 rings (SSSR count). The second kappa shape index (κ2) is 8.83. The van der Waals surface area contributed by atoms with Crippen molar-refractivity contribution < 1.29 is 14.0 Å². The largest absolute Gasteiger partial charge is 0.459 e. The van der Waals surface area contributed by atoms with E-state index >= 15 is 0 Å². The summed E-state index contributed by atoms with van der Waals surface area (Å²) in [6.45, 7) is 5.19. The molecule has 0 aromatic carbocycles. The van der Waals surface area contributed by atoms with E-state index in [0.29, 0.717) is 13.0 Å². The SMILES string of the molecule is CC(C)C(NC(=O)c1ccco1)C(=O)NCCc1nnc2n1CCCCC2. The highest BCUT2D eigenvalue weighted by atomic mass is 16.3. The van der Waals surface area contributed by atoms with Crippen LogP contribution in [0.4, 0.5) is 0 Å². The zero-order valence-electron chi connectivity index (χ0n) is 15.9. The molecule has 0 aliphatic carbocycles. The summed E-state index contributed by atoms with van der Waals surface area (Å²) in [4.78, 5) is 24.7. The highest BCUT2D eigenvalue weighted by Crippen LogP contribution is 2.14. The number of hydrogen-bond acceptors (Lipinski definition) is 5. The summed E-state index contributed by atoms with van der Waals surface area (Å²) in [5.74, 6) is 1.50. The summed E-state index contributed by atoms with van der Waals surface area (Å²) in [5.41, 5.74) is 0. The quantitative estimate of drug-likeness (QED) is 0.769. The maximum atomic E-state index is 12.6. The van der Waals surface area contributed by atoms with Crippen molar-refractivity contribution in [3.05, 3.63) is 35.8 Å². The predicted octanol–water partition coefficient (Wildman–Crippen LogP) is 1.71. The van der Waals surface area contributed by atoms with Crippen molar-refractivity contribution in [1.82, 2.24) is 25.4 Å². The Hall–Kier alpha value is -2.64. The third kappa shape index (κ3) is 4.75. The lowest BCUT2D eigenvalue weighted by molar-refractivity contribution is -0.123. The van der Waals surface area contributed by atoms with Crippen molar-refractivity contribution in [3.63, 3.8) is 0 Å². The van der Waals surface area contributed by atoms with Crippen LogP contribution < -0.4 is 10.6 Å². The number of aromatic nitrogens is 3. The van der Waals surface area contributed by atoms with Crippen LogP contribution in [-0.2, 0) is 24.2 Å². The van der Waals surface area contributed by atoms with Crippen molar-refractivity contribution in [2.45, 2.75) is 58.5 Å². The lowest BCUT2D eigenvalue weighted by atomic mass is 10.0. The summed E-state index contributed by atoms with van der Waals surface area (Å²) in [7, 11) is 0. The minimum absolute atomic E-state index is 0.0479. The molecule has 27 heavy (non-hydrogen) atoms. The van der Waals surface area contributed by atoms with Gasteiger partial charge < -0.3 is 19.6 Å². The van der Waals surface area contributed by atoms with Crippen molar-refractivity contribution in [2.75, 3.05) is 6.54 Å². The third-order valence-electron chi connectivity index (χ3n) is 4.81. The monoisotopic (exact) mass is 373 g/mol. The zero-order valence-corrected chi connectivity index (χ0v) is 15.9. The van der Waals surface area contributed by atoms with Crippen LogP contribution in [0.15, 0.2) is 22.8 Å². The molecule has 0 saturated carbocycles. The number of carbonyl (C=O) groups excluding carboxylic acids is 2. The molecule has 2 N–H and O–H groups in total. The second-order valence-corrected chi connectivity index (χ2v) is 7.21. The summed E-state index contributed by atoms with van der Waals surface area (Å²) < 4.78 is 7.27. The van der Waals surface area contributed by atoms with E-state index in [2.05, 4.69) is 25.4 Å². The molecular weight excluding hydrogens is 346 g/mol. The first-order valence-electron chi connectivity index (χ1n) is 9.59. The number of fused-ring (bicyclic) bond motifs is 1. The van der Waals surface area contributed by atoms with E-state index in [1.54, 1.807) is 12.1 Å². The van der Waals surface area contributed by atoms with Crippen LogP contribution in [0.2, 0.25) is 0 Å². The normalized spacial score (nSPS) is 15.1. The number of rotatable bonds is 7. The topological polar surface area (TPSA) is 102 Å². The Balaban J connectivity index is 1.54. The zero-order chi connectivity index (χ0) is 19.2. The summed E-state index contributed by atoms with van der Waals surface area (Å²) in [5, 5.41) is 14.2. The molecule has 0 spiro atoms. The van der Waals surface area contributed by atoms with E-state index in [1.807, 2.05) is 13.8 Å². The fraction of sp³-hybridized carbons (Fsp3) is 0.579. The predicted molar refractivity (Wildman–Crippen MR) is 99.1 cm³/mol. The fourth-order valence-corrected chi connectivity index (χ4v) is 3.29. The Morgan fingerprint density at radius 1 is 1.26 bits per heavy atom. The van der Waals surface area contributed by atoms with Gasteiger partial charge in [-0.15, -0.1) is 10.2 Å². The molecule has 146 valence electrons. The Labute approximate surface area is 158 Å². The smallest absolute Gasteiger partial charge is 0.287 e. The molecule has 2 aromatic heterocycles. The minimum Gasteiger partial charge on any atom is -0.459 e. The van der Waals surface area contributed by atoms with Crippen LogP contribution in [0.1, 0.15) is 55.3 Å². The van der Waals surface area contributed by atoms with E-state index in [4.69, 9.17) is 4.42 Å². The van der Waals surface area contributed by atoms with E-state index in [-0.39, 0.29) is 17.6 Å². The molecule has 1 aliphatic heterocycles. The van der Waals surface area contributed by atoms with Crippen LogP contribution in [0.5, 0.6) is 0 Å². The first kappa shape index (κ1) is 19.1. The molecule has 3 heterocycles. The number of carbonyl (C=O) groups is 2. The lowest BCUT2D eigenvalue weighted by Crippen LogP contribution is -2.50. The van der Waals surface area contributed by atoms with E-state index < -0.39 is 11.9 Å². The minimum atomic E-state index is -0.627. The number of amides is 2. The molecule has 2 amide bonds. The molecule has 0 fully saturated rings. The van der Waals surface area contributed by atoms with Crippen molar-refractivity contribution in [2.24, 2.45) is 5.92 Å². The molecule has 2 aromatic rings. The van der Waals surface area contributed by atoms with E-state index in [9.17, 15) is 9.59 Å². The lowest BCUT2D eigenvalue weighted by Gasteiger charge is -2.21. The van der Waals surface area contributed by atoms with Gasteiger partial charge in [0.1, 0.15) is 17.7 Å². The van der Waals surface area contributed by atoms with Crippen LogP contribution in [0.25, 0.3) is 0 Å². The van der Waals surface area contributed by atoms with Crippen LogP contribution >= 0.6 is 0 Å². The standard InChI is InChI=1S/C19H27N5O3/c1-13(2)17(21-18(25)14-7-6-12-27-14)19(26)20-10-9-16-23-22-15-8-4-3-5-11-24(15)16/h6-7,12-13,17H,3-5,8-11H2,1-2H3,(H,20,26)(H,21,25).